The van der Waals surface area contributed by atoms with Crippen LogP contribution in [-0.4, -0.2) is 35.1 Å². The van der Waals surface area contributed by atoms with Crippen LogP contribution in [0.4, 0.5) is 0 Å². The van der Waals surface area contributed by atoms with Gasteiger partial charge in [-0.1, -0.05) is 12.8 Å². The van der Waals surface area contributed by atoms with Gasteiger partial charge in [0, 0.05) is 6.04 Å². The Morgan fingerprint density at radius 2 is 1.89 bits per heavy atom. The highest BCUT2D eigenvalue weighted by Gasteiger charge is 2.35. The second-order valence-electron chi connectivity index (χ2n) is 6.73. The molecule has 1 N–H and O–H groups in total. The molecule has 2 rings (SSSR count). The molecule has 1 heterocycles. The van der Waals surface area contributed by atoms with Gasteiger partial charge < -0.3 is 10.0 Å². The minimum atomic E-state index is -0.667. The molecule has 2 fully saturated rings. The molecular formula is C15H27NO2. The van der Waals surface area contributed by atoms with Crippen LogP contribution >= 0.6 is 0 Å². The van der Waals surface area contributed by atoms with Gasteiger partial charge in [0.05, 0.1) is 5.41 Å². The van der Waals surface area contributed by atoms with Crippen LogP contribution in [0, 0.1) is 11.3 Å². The van der Waals surface area contributed by atoms with E-state index in [0.717, 1.165) is 24.9 Å². The molecule has 1 saturated carbocycles. The van der Waals surface area contributed by atoms with E-state index in [2.05, 4.69) is 4.90 Å². The summed E-state index contributed by atoms with van der Waals surface area (Å²) < 4.78 is 0. The highest BCUT2D eigenvalue weighted by Crippen LogP contribution is 2.36. The molecule has 0 aromatic rings. The third-order valence-corrected chi connectivity index (χ3v) is 4.96. The zero-order chi connectivity index (χ0) is 13.2. The number of piperidine rings is 1. The quantitative estimate of drug-likeness (QED) is 0.836. The summed E-state index contributed by atoms with van der Waals surface area (Å²) in [5.74, 6) is 0.222. The van der Waals surface area contributed by atoms with E-state index in [1.165, 1.54) is 45.1 Å². The number of aliphatic carboxylic acids is 1. The van der Waals surface area contributed by atoms with Crippen LogP contribution < -0.4 is 0 Å². The van der Waals surface area contributed by atoms with Crippen molar-refractivity contribution in [1.82, 2.24) is 4.90 Å². The summed E-state index contributed by atoms with van der Waals surface area (Å²) in [6.45, 7) is 5.83. The maximum atomic E-state index is 11.2. The van der Waals surface area contributed by atoms with Gasteiger partial charge in [-0.05, 0) is 65.0 Å². The van der Waals surface area contributed by atoms with Crippen molar-refractivity contribution in [2.75, 3.05) is 13.1 Å². The van der Waals surface area contributed by atoms with Crippen molar-refractivity contribution in [1.29, 1.82) is 0 Å². The maximum absolute atomic E-state index is 11.2. The predicted molar refractivity (Wildman–Crippen MR) is 72.6 cm³/mol. The first-order valence-corrected chi connectivity index (χ1v) is 7.48. The number of hydrogen-bond acceptors (Lipinski definition) is 2. The van der Waals surface area contributed by atoms with Gasteiger partial charge >= 0.3 is 5.97 Å². The third-order valence-electron chi connectivity index (χ3n) is 4.96. The largest absolute Gasteiger partial charge is 0.481 e. The summed E-state index contributed by atoms with van der Waals surface area (Å²) in [6, 6.07) is 0.747. The van der Waals surface area contributed by atoms with Crippen molar-refractivity contribution >= 4 is 5.97 Å². The minimum absolute atomic E-state index is 0.582. The smallest absolute Gasteiger partial charge is 0.309 e. The lowest BCUT2D eigenvalue weighted by Gasteiger charge is -2.44. The molecule has 104 valence electrons. The minimum Gasteiger partial charge on any atom is -0.481 e. The number of likely N-dealkylation sites (tertiary alicyclic amines) is 1. The topological polar surface area (TPSA) is 40.5 Å². The normalized spacial score (nSPS) is 29.9. The highest BCUT2D eigenvalue weighted by molar-refractivity contribution is 5.73. The van der Waals surface area contributed by atoms with E-state index < -0.39 is 11.4 Å². The Kier molecular flexibility index (Phi) is 4.31. The van der Waals surface area contributed by atoms with Crippen LogP contribution in [0.1, 0.15) is 58.8 Å². The van der Waals surface area contributed by atoms with Gasteiger partial charge in [0.15, 0.2) is 0 Å². The first-order chi connectivity index (χ1) is 8.50. The number of carboxylic acid groups (broad SMARTS) is 1. The Hall–Kier alpha value is -0.570. The van der Waals surface area contributed by atoms with E-state index in [1.807, 2.05) is 13.8 Å². The van der Waals surface area contributed by atoms with Gasteiger partial charge in [0.25, 0.3) is 0 Å². The molecule has 0 unspecified atom stereocenters. The van der Waals surface area contributed by atoms with Crippen molar-refractivity contribution < 1.29 is 9.90 Å². The summed E-state index contributed by atoms with van der Waals surface area (Å²) in [7, 11) is 0. The average Bonchev–Trinajstić information content (AvgIpc) is 2.36. The van der Waals surface area contributed by atoms with Crippen LogP contribution in [0.3, 0.4) is 0 Å². The van der Waals surface area contributed by atoms with E-state index in [-0.39, 0.29) is 0 Å². The monoisotopic (exact) mass is 253 g/mol. The molecule has 0 radical (unpaired) electrons. The molecule has 2 aliphatic rings. The highest BCUT2D eigenvalue weighted by atomic mass is 16.4. The molecule has 0 amide bonds. The fraction of sp³-hybridized carbons (Fsp3) is 0.933. The predicted octanol–water partition coefficient (Wildman–Crippen LogP) is 3.14. The summed E-state index contributed by atoms with van der Waals surface area (Å²) in [6.07, 6.45) is 8.95. The number of rotatable bonds is 4. The number of nitrogens with zero attached hydrogens (tertiary/aromatic N) is 1. The first-order valence-electron chi connectivity index (χ1n) is 7.48. The van der Waals surface area contributed by atoms with Crippen LogP contribution in [0.2, 0.25) is 0 Å². The molecule has 0 aromatic carbocycles. The molecule has 1 saturated heterocycles. The van der Waals surface area contributed by atoms with Crippen LogP contribution in [0.5, 0.6) is 0 Å². The summed E-state index contributed by atoms with van der Waals surface area (Å²) >= 11 is 0. The fourth-order valence-electron chi connectivity index (χ4n) is 3.54. The van der Waals surface area contributed by atoms with Gasteiger partial charge in [0.1, 0.15) is 0 Å². The number of carboxylic acids is 1. The summed E-state index contributed by atoms with van der Waals surface area (Å²) in [5.41, 5.74) is -0.582. The van der Waals surface area contributed by atoms with Crippen molar-refractivity contribution in [3.8, 4) is 0 Å². The van der Waals surface area contributed by atoms with E-state index in [9.17, 15) is 9.90 Å². The molecule has 3 nitrogen and oxygen atoms in total. The van der Waals surface area contributed by atoms with E-state index in [0.29, 0.717) is 0 Å². The van der Waals surface area contributed by atoms with Crippen molar-refractivity contribution in [2.24, 2.45) is 11.3 Å². The van der Waals surface area contributed by atoms with Crippen LogP contribution in [-0.2, 0) is 4.79 Å². The van der Waals surface area contributed by atoms with Crippen molar-refractivity contribution in [2.45, 2.75) is 64.8 Å². The molecule has 0 spiro atoms. The molecule has 1 aliphatic heterocycles. The SMILES string of the molecule is CC(C)(CCN1CCC[C@H]2CCCC[C@H]21)C(=O)O. The maximum Gasteiger partial charge on any atom is 0.309 e. The molecular weight excluding hydrogens is 226 g/mol. The summed E-state index contributed by atoms with van der Waals surface area (Å²) in [5, 5.41) is 9.18. The Balaban J connectivity index is 1.90. The average molecular weight is 253 g/mol. The second kappa shape index (κ2) is 5.60. The lowest BCUT2D eigenvalue weighted by Crippen LogP contribution is -2.48. The van der Waals surface area contributed by atoms with Crippen molar-refractivity contribution in [3.63, 3.8) is 0 Å². The molecule has 2 atom stereocenters. The molecule has 0 bridgehead atoms. The Morgan fingerprint density at radius 3 is 2.61 bits per heavy atom. The van der Waals surface area contributed by atoms with E-state index in [1.54, 1.807) is 0 Å². The standard InChI is InChI=1S/C15H27NO2/c1-15(2,14(17)18)9-11-16-10-5-7-12-6-3-4-8-13(12)16/h12-13H,3-11H2,1-2H3,(H,17,18)/t12-,13-/m1/s1. The van der Waals surface area contributed by atoms with Crippen LogP contribution in [0.25, 0.3) is 0 Å². The van der Waals surface area contributed by atoms with Crippen LogP contribution in [0.15, 0.2) is 0 Å². The van der Waals surface area contributed by atoms with Gasteiger partial charge in [-0.3, -0.25) is 4.79 Å². The van der Waals surface area contributed by atoms with Gasteiger partial charge in [0.2, 0.25) is 0 Å². The van der Waals surface area contributed by atoms with Gasteiger partial charge in [-0.15, -0.1) is 0 Å². The van der Waals surface area contributed by atoms with Gasteiger partial charge in [-0.25, -0.2) is 0 Å². The lowest BCUT2D eigenvalue weighted by atomic mass is 9.78. The van der Waals surface area contributed by atoms with E-state index in [4.69, 9.17) is 0 Å². The third kappa shape index (κ3) is 3.05. The molecule has 0 aromatic heterocycles. The van der Waals surface area contributed by atoms with E-state index >= 15 is 0 Å². The molecule has 1 aliphatic carbocycles. The Morgan fingerprint density at radius 1 is 1.22 bits per heavy atom. The first kappa shape index (κ1) is 13.9. The molecule has 3 heteroatoms. The Labute approximate surface area is 111 Å². The summed E-state index contributed by atoms with van der Waals surface area (Å²) in [4.78, 5) is 13.7. The second-order valence-corrected chi connectivity index (χ2v) is 6.73. The van der Waals surface area contributed by atoms with Gasteiger partial charge in [-0.2, -0.15) is 0 Å². The molecule has 18 heavy (non-hydrogen) atoms. The number of hydrogen-bond donors (Lipinski definition) is 1. The fourth-order valence-corrected chi connectivity index (χ4v) is 3.54. The zero-order valence-corrected chi connectivity index (χ0v) is 11.8. The number of fused-ring (bicyclic) bond motifs is 1. The zero-order valence-electron chi connectivity index (χ0n) is 11.8. The Bertz CT molecular complexity index is 299. The number of carbonyl (C=O) groups is 1. The van der Waals surface area contributed by atoms with Crippen molar-refractivity contribution in [3.05, 3.63) is 0 Å². The lowest BCUT2D eigenvalue weighted by molar-refractivity contribution is -0.147.